The van der Waals surface area contributed by atoms with Crippen LogP contribution in [0.5, 0.6) is 11.5 Å². The Morgan fingerprint density at radius 3 is 2.63 bits per heavy atom. The summed E-state index contributed by atoms with van der Waals surface area (Å²) in [6.45, 7) is 1.64. The molecule has 0 aromatic heterocycles. The first-order chi connectivity index (χ1) is 12.9. The van der Waals surface area contributed by atoms with Crippen molar-refractivity contribution >= 4 is 29.0 Å². The van der Waals surface area contributed by atoms with Gasteiger partial charge in [0.05, 0.1) is 16.5 Å². The van der Waals surface area contributed by atoms with Crippen LogP contribution < -0.4 is 15.4 Å². The highest BCUT2D eigenvalue weighted by atomic mass is 32.1. The number of ether oxygens (including phenoxy) is 1. The van der Waals surface area contributed by atoms with Gasteiger partial charge in [0.15, 0.2) is 5.11 Å². The molecular weight excluding hydrogens is 370 g/mol. The lowest BCUT2D eigenvalue weighted by Gasteiger charge is -2.30. The number of phenolic OH excluding ortho intramolecular Hbond substituents is 1. The smallest absolute Gasteiger partial charge is 0.343 e. The molecule has 3 rings (SSSR count). The number of rotatable bonds is 4. The fraction of sp³-hybridized carbons (Fsp3) is 0.111. The molecule has 0 bridgehead atoms. The van der Waals surface area contributed by atoms with Gasteiger partial charge >= 0.3 is 5.97 Å². The van der Waals surface area contributed by atoms with E-state index in [1.807, 2.05) is 0 Å². The standard InChI is InChI=1S/C18H15N3O5S/c1-10-15(17(23)26-12-5-3-2-4-6-12)16(20-18(27)19-10)13-9-11(21(24)25)7-8-14(13)22/h2-9,16,22H,1H3,(H2,19,20,27)/t16-/m1/s1. The van der Waals surface area contributed by atoms with E-state index in [2.05, 4.69) is 10.6 Å². The Morgan fingerprint density at radius 1 is 1.26 bits per heavy atom. The predicted molar refractivity (Wildman–Crippen MR) is 101 cm³/mol. The topological polar surface area (TPSA) is 114 Å². The number of carbonyl (C=O) groups is 1. The quantitative estimate of drug-likeness (QED) is 0.242. The van der Waals surface area contributed by atoms with Crippen LogP contribution in [-0.2, 0) is 4.79 Å². The van der Waals surface area contributed by atoms with Crippen molar-refractivity contribution in [3.05, 3.63) is 75.5 Å². The third-order valence-electron chi connectivity index (χ3n) is 3.98. The number of carbonyl (C=O) groups excluding carboxylic acids is 1. The zero-order valence-corrected chi connectivity index (χ0v) is 14.9. The number of nitro groups is 1. The summed E-state index contributed by atoms with van der Waals surface area (Å²) in [6.07, 6.45) is 0. The molecule has 8 nitrogen and oxygen atoms in total. The summed E-state index contributed by atoms with van der Waals surface area (Å²) in [7, 11) is 0. The molecule has 0 unspecified atom stereocenters. The molecule has 1 aliphatic rings. The summed E-state index contributed by atoms with van der Waals surface area (Å²) >= 11 is 5.13. The van der Waals surface area contributed by atoms with E-state index in [0.29, 0.717) is 11.4 Å². The Kier molecular flexibility index (Phi) is 5.04. The van der Waals surface area contributed by atoms with E-state index in [0.717, 1.165) is 0 Å². The lowest BCUT2D eigenvalue weighted by Crippen LogP contribution is -2.45. The second-order valence-corrected chi connectivity index (χ2v) is 6.18. The van der Waals surface area contributed by atoms with E-state index in [1.54, 1.807) is 37.3 Å². The normalized spacial score (nSPS) is 16.3. The van der Waals surface area contributed by atoms with Crippen molar-refractivity contribution in [2.45, 2.75) is 13.0 Å². The fourth-order valence-corrected chi connectivity index (χ4v) is 3.01. The van der Waals surface area contributed by atoms with Gasteiger partial charge in [-0.2, -0.15) is 0 Å². The number of allylic oxidation sites excluding steroid dienone is 1. The number of hydrogen-bond acceptors (Lipinski definition) is 6. The number of nitrogens with one attached hydrogen (secondary N) is 2. The van der Waals surface area contributed by atoms with Crippen molar-refractivity contribution in [1.29, 1.82) is 0 Å². The molecule has 9 heteroatoms. The Bertz CT molecular complexity index is 959. The number of phenols is 1. The number of thiocarbonyl (C=S) groups is 1. The van der Waals surface area contributed by atoms with Crippen LogP contribution in [0, 0.1) is 10.1 Å². The van der Waals surface area contributed by atoms with Crippen LogP contribution in [0.1, 0.15) is 18.5 Å². The number of nitrogens with zero attached hydrogens (tertiary/aromatic N) is 1. The number of non-ortho nitro benzene ring substituents is 1. The summed E-state index contributed by atoms with van der Waals surface area (Å²) in [6, 6.07) is 11.2. The van der Waals surface area contributed by atoms with E-state index in [-0.39, 0.29) is 27.7 Å². The van der Waals surface area contributed by atoms with Gasteiger partial charge in [0.2, 0.25) is 0 Å². The third-order valence-corrected chi connectivity index (χ3v) is 4.20. The molecule has 1 aliphatic heterocycles. The van der Waals surface area contributed by atoms with Gasteiger partial charge in [0.1, 0.15) is 11.5 Å². The highest BCUT2D eigenvalue weighted by molar-refractivity contribution is 7.80. The second-order valence-electron chi connectivity index (χ2n) is 5.77. The summed E-state index contributed by atoms with van der Waals surface area (Å²) in [5.41, 5.74) is 0.508. The van der Waals surface area contributed by atoms with Gasteiger partial charge < -0.3 is 20.5 Å². The van der Waals surface area contributed by atoms with Crippen LogP contribution in [0.25, 0.3) is 0 Å². The van der Waals surface area contributed by atoms with E-state index >= 15 is 0 Å². The molecule has 0 aliphatic carbocycles. The van der Waals surface area contributed by atoms with Gasteiger partial charge in [-0.05, 0) is 37.3 Å². The molecule has 3 N–H and O–H groups in total. The number of aromatic hydroxyl groups is 1. The Balaban J connectivity index is 2.03. The maximum Gasteiger partial charge on any atom is 0.343 e. The molecule has 138 valence electrons. The van der Waals surface area contributed by atoms with E-state index in [9.17, 15) is 20.0 Å². The number of para-hydroxylation sites is 1. The Hall–Kier alpha value is -3.46. The predicted octanol–water partition coefficient (Wildman–Crippen LogP) is 2.70. The molecular formula is C18H15N3O5S. The molecule has 0 spiro atoms. The molecule has 1 heterocycles. The maximum atomic E-state index is 12.8. The number of hydrogen-bond donors (Lipinski definition) is 3. The van der Waals surface area contributed by atoms with E-state index in [4.69, 9.17) is 17.0 Å². The first-order valence-electron chi connectivity index (χ1n) is 7.89. The van der Waals surface area contributed by atoms with Crippen LogP contribution in [0.15, 0.2) is 59.8 Å². The average Bonchev–Trinajstić information content (AvgIpc) is 2.62. The minimum atomic E-state index is -0.908. The van der Waals surface area contributed by atoms with Crippen LogP contribution in [0.4, 0.5) is 5.69 Å². The summed E-state index contributed by atoms with van der Waals surface area (Å²) < 4.78 is 5.39. The molecule has 27 heavy (non-hydrogen) atoms. The molecule has 1 atom stereocenters. The number of benzene rings is 2. The van der Waals surface area contributed by atoms with Crippen LogP contribution in [-0.4, -0.2) is 21.1 Å². The summed E-state index contributed by atoms with van der Waals surface area (Å²) in [4.78, 5) is 23.3. The largest absolute Gasteiger partial charge is 0.508 e. The molecule has 0 fully saturated rings. The number of nitro benzene ring substituents is 1. The SMILES string of the molecule is CC1=C(C(=O)Oc2ccccc2)[C@@H](c2cc([N+](=O)[O-])ccc2O)NC(=S)N1. The highest BCUT2D eigenvalue weighted by Gasteiger charge is 2.33. The van der Waals surface area contributed by atoms with Gasteiger partial charge in [-0.25, -0.2) is 4.79 Å². The molecule has 0 saturated carbocycles. The van der Waals surface area contributed by atoms with Crippen molar-refractivity contribution in [3.8, 4) is 11.5 Å². The van der Waals surface area contributed by atoms with E-state index < -0.39 is 16.9 Å². The second kappa shape index (κ2) is 7.42. The van der Waals surface area contributed by atoms with Crippen molar-refractivity contribution < 1.29 is 19.6 Å². The summed E-state index contributed by atoms with van der Waals surface area (Å²) in [5.74, 6) is -0.532. The molecule has 0 radical (unpaired) electrons. The maximum absolute atomic E-state index is 12.8. The van der Waals surface area contributed by atoms with Crippen LogP contribution in [0.3, 0.4) is 0 Å². The Labute approximate surface area is 159 Å². The van der Waals surface area contributed by atoms with Gasteiger partial charge in [0, 0.05) is 23.4 Å². The van der Waals surface area contributed by atoms with Gasteiger partial charge in [0.25, 0.3) is 5.69 Å². The number of esters is 1. The zero-order chi connectivity index (χ0) is 19.6. The van der Waals surface area contributed by atoms with Gasteiger partial charge in [-0.3, -0.25) is 10.1 Å². The zero-order valence-electron chi connectivity index (χ0n) is 14.1. The first-order valence-corrected chi connectivity index (χ1v) is 8.30. The molecule has 2 aromatic rings. The van der Waals surface area contributed by atoms with Gasteiger partial charge in [-0.1, -0.05) is 18.2 Å². The minimum Gasteiger partial charge on any atom is -0.508 e. The molecule has 0 amide bonds. The first kappa shape index (κ1) is 18.3. The molecule has 2 aromatic carbocycles. The summed E-state index contributed by atoms with van der Waals surface area (Å²) in [5, 5.41) is 27.2. The van der Waals surface area contributed by atoms with Gasteiger partial charge in [-0.15, -0.1) is 0 Å². The highest BCUT2D eigenvalue weighted by Crippen LogP contribution is 2.35. The lowest BCUT2D eigenvalue weighted by atomic mass is 9.94. The minimum absolute atomic E-state index is 0.146. The fourth-order valence-electron chi connectivity index (χ4n) is 2.73. The molecule has 0 saturated heterocycles. The average molecular weight is 385 g/mol. The van der Waals surface area contributed by atoms with Crippen molar-refractivity contribution in [2.24, 2.45) is 0 Å². The monoisotopic (exact) mass is 385 g/mol. The lowest BCUT2D eigenvalue weighted by molar-refractivity contribution is -0.385. The van der Waals surface area contributed by atoms with Crippen LogP contribution in [0.2, 0.25) is 0 Å². The third kappa shape index (κ3) is 3.87. The Morgan fingerprint density at radius 2 is 1.96 bits per heavy atom. The van der Waals surface area contributed by atoms with Crippen molar-refractivity contribution in [3.63, 3.8) is 0 Å². The van der Waals surface area contributed by atoms with Crippen molar-refractivity contribution in [1.82, 2.24) is 10.6 Å². The van der Waals surface area contributed by atoms with Crippen LogP contribution >= 0.6 is 12.2 Å². The van der Waals surface area contributed by atoms with E-state index in [1.165, 1.54) is 18.2 Å². The van der Waals surface area contributed by atoms with Crippen molar-refractivity contribution in [2.75, 3.05) is 0 Å².